The SMILES string of the molecule is CC(C(=O)NC1CCCC1)N(Cc1cccc(Cl)c1)C(=O)COc1ccc(Cl)cc1Cl. The second-order valence-electron chi connectivity index (χ2n) is 7.68. The molecule has 2 aromatic rings. The van der Waals surface area contributed by atoms with Gasteiger partial charge < -0.3 is 15.0 Å². The normalized spacial score (nSPS) is 14.8. The van der Waals surface area contributed by atoms with E-state index < -0.39 is 6.04 Å². The lowest BCUT2D eigenvalue weighted by atomic mass is 10.1. The van der Waals surface area contributed by atoms with E-state index in [2.05, 4.69) is 5.32 Å². The Bertz CT molecular complexity index is 932. The molecular formula is C23H25Cl3N2O3. The maximum absolute atomic E-state index is 13.1. The fourth-order valence-corrected chi connectivity index (χ4v) is 4.30. The van der Waals surface area contributed by atoms with Crippen LogP contribution in [0.15, 0.2) is 42.5 Å². The van der Waals surface area contributed by atoms with Gasteiger partial charge in [-0.15, -0.1) is 0 Å². The first-order chi connectivity index (χ1) is 14.8. The van der Waals surface area contributed by atoms with Crippen molar-refractivity contribution in [1.29, 1.82) is 0 Å². The lowest BCUT2D eigenvalue weighted by Crippen LogP contribution is -2.50. The van der Waals surface area contributed by atoms with Crippen molar-refractivity contribution in [3.8, 4) is 5.75 Å². The van der Waals surface area contributed by atoms with Gasteiger partial charge in [0.05, 0.1) is 5.02 Å². The van der Waals surface area contributed by atoms with Gasteiger partial charge in [0.2, 0.25) is 5.91 Å². The predicted molar refractivity (Wildman–Crippen MR) is 124 cm³/mol. The molecule has 8 heteroatoms. The molecule has 1 fully saturated rings. The number of nitrogens with one attached hydrogen (secondary N) is 1. The second kappa shape index (κ2) is 11.1. The molecule has 166 valence electrons. The summed E-state index contributed by atoms with van der Waals surface area (Å²) < 4.78 is 5.62. The Morgan fingerprint density at radius 3 is 2.48 bits per heavy atom. The molecule has 0 aromatic heterocycles. The molecule has 5 nitrogen and oxygen atoms in total. The third-order valence-electron chi connectivity index (χ3n) is 5.36. The van der Waals surface area contributed by atoms with E-state index in [1.807, 2.05) is 12.1 Å². The van der Waals surface area contributed by atoms with E-state index in [0.29, 0.717) is 20.8 Å². The van der Waals surface area contributed by atoms with Crippen molar-refractivity contribution in [2.45, 2.75) is 51.2 Å². The molecule has 2 aromatic carbocycles. The van der Waals surface area contributed by atoms with Gasteiger partial charge in [-0.3, -0.25) is 9.59 Å². The molecule has 1 aliphatic carbocycles. The molecule has 0 bridgehead atoms. The summed E-state index contributed by atoms with van der Waals surface area (Å²) in [5.41, 5.74) is 0.825. The number of rotatable bonds is 8. The Morgan fingerprint density at radius 1 is 1.10 bits per heavy atom. The molecule has 0 spiro atoms. The zero-order valence-electron chi connectivity index (χ0n) is 17.2. The Labute approximate surface area is 197 Å². The highest BCUT2D eigenvalue weighted by molar-refractivity contribution is 6.35. The van der Waals surface area contributed by atoms with E-state index in [0.717, 1.165) is 31.2 Å². The topological polar surface area (TPSA) is 58.6 Å². The fourth-order valence-electron chi connectivity index (χ4n) is 3.62. The molecule has 1 unspecified atom stereocenters. The predicted octanol–water partition coefficient (Wildman–Crippen LogP) is 5.50. The molecule has 3 rings (SSSR count). The van der Waals surface area contributed by atoms with Crippen LogP contribution in [0.5, 0.6) is 5.75 Å². The van der Waals surface area contributed by atoms with Crippen molar-refractivity contribution < 1.29 is 14.3 Å². The Kier molecular flexibility index (Phi) is 8.47. The largest absolute Gasteiger partial charge is 0.482 e. The van der Waals surface area contributed by atoms with Crippen LogP contribution in [0.3, 0.4) is 0 Å². The molecule has 0 saturated heterocycles. The minimum Gasteiger partial charge on any atom is -0.482 e. The zero-order valence-corrected chi connectivity index (χ0v) is 19.5. The number of hydrogen-bond donors (Lipinski definition) is 1. The number of carbonyl (C=O) groups excluding carboxylic acids is 2. The molecule has 1 atom stereocenters. The number of ether oxygens (including phenoxy) is 1. The van der Waals surface area contributed by atoms with Crippen LogP contribution in [0.1, 0.15) is 38.2 Å². The van der Waals surface area contributed by atoms with E-state index >= 15 is 0 Å². The Hall–Kier alpha value is -1.95. The van der Waals surface area contributed by atoms with Crippen LogP contribution in [0.2, 0.25) is 15.1 Å². The van der Waals surface area contributed by atoms with E-state index in [9.17, 15) is 9.59 Å². The number of benzene rings is 2. The molecular weight excluding hydrogens is 459 g/mol. The minimum atomic E-state index is -0.670. The summed E-state index contributed by atoms with van der Waals surface area (Å²) in [6.07, 6.45) is 4.16. The number of hydrogen-bond acceptors (Lipinski definition) is 3. The van der Waals surface area contributed by atoms with Gasteiger partial charge in [0.25, 0.3) is 5.91 Å². The smallest absolute Gasteiger partial charge is 0.261 e. The van der Waals surface area contributed by atoms with Crippen LogP contribution in [-0.4, -0.2) is 35.4 Å². The van der Waals surface area contributed by atoms with Gasteiger partial charge in [0, 0.05) is 22.6 Å². The van der Waals surface area contributed by atoms with Gasteiger partial charge in [-0.05, 0) is 55.7 Å². The summed E-state index contributed by atoms with van der Waals surface area (Å²) in [6.45, 7) is 1.70. The number of amides is 2. The molecule has 31 heavy (non-hydrogen) atoms. The van der Waals surface area contributed by atoms with Crippen molar-refractivity contribution in [3.05, 3.63) is 63.1 Å². The van der Waals surface area contributed by atoms with E-state index in [1.165, 1.54) is 4.90 Å². The van der Waals surface area contributed by atoms with Crippen LogP contribution < -0.4 is 10.1 Å². The number of nitrogens with zero attached hydrogens (tertiary/aromatic N) is 1. The zero-order chi connectivity index (χ0) is 22.4. The van der Waals surface area contributed by atoms with Crippen LogP contribution in [0.4, 0.5) is 0 Å². The number of halogens is 3. The number of carbonyl (C=O) groups is 2. The van der Waals surface area contributed by atoms with E-state index in [-0.39, 0.29) is 31.0 Å². The molecule has 0 radical (unpaired) electrons. The quantitative estimate of drug-likeness (QED) is 0.539. The monoisotopic (exact) mass is 482 g/mol. The van der Waals surface area contributed by atoms with Gasteiger partial charge in [0.1, 0.15) is 11.8 Å². The first-order valence-electron chi connectivity index (χ1n) is 10.3. The second-order valence-corrected chi connectivity index (χ2v) is 8.96. The minimum absolute atomic E-state index is 0.169. The van der Waals surface area contributed by atoms with Crippen molar-refractivity contribution in [3.63, 3.8) is 0 Å². The third-order valence-corrected chi connectivity index (χ3v) is 6.12. The molecule has 1 aliphatic rings. The first kappa shape index (κ1) is 23.7. The lowest BCUT2D eigenvalue weighted by Gasteiger charge is -2.29. The fraction of sp³-hybridized carbons (Fsp3) is 0.391. The van der Waals surface area contributed by atoms with Gasteiger partial charge in [-0.1, -0.05) is 59.8 Å². The van der Waals surface area contributed by atoms with Gasteiger partial charge >= 0.3 is 0 Å². The third kappa shape index (κ3) is 6.76. The summed E-state index contributed by atoms with van der Waals surface area (Å²) >= 11 is 18.1. The first-order valence-corrected chi connectivity index (χ1v) is 11.4. The van der Waals surface area contributed by atoms with E-state index in [4.69, 9.17) is 39.5 Å². The van der Waals surface area contributed by atoms with Crippen LogP contribution in [-0.2, 0) is 16.1 Å². The van der Waals surface area contributed by atoms with Crippen LogP contribution in [0, 0.1) is 0 Å². The molecule has 0 aliphatic heterocycles. The van der Waals surface area contributed by atoms with Crippen molar-refractivity contribution in [2.75, 3.05) is 6.61 Å². The maximum Gasteiger partial charge on any atom is 0.261 e. The van der Waals surface area contributed by atoms with Crippen LogP contribution in [0.25, 0.3) is 0 Å². The molecule has 2 amide bonds. The molecule has 1 N–H and O–H groups in total. The van der Waals surface area contributed by atoms with E-state index in [1.54, 1.807) is 37.3 Å². The summed E-state index contributed by atoms with van der Waals surface area (Å²) in [7, 11) is 0. The average molecular weight is 484 g/mol. The van der Waals surface area contributed by atoms with Crippen LogP contribution >= 0.6 is 34.8 Å². The van der Waals surface area contributed by atoms with Crippen molar-refractivity contribution in [1.82, 2.24) is 10.2 Å². The summed E-state index contributed by atoms with van der Waals surface area (Å²) in [6, 6.07) is 11.5. The maximum atomic E-state index is 13.1. The molecule has 1 saturated carbocycles. The Balaban J connectivity index is 1.73. The van der Waals surface area contributed by atoms with Gasteiger partial charge in [0.15, 0.2) is 6.61 Å². The van der Waals surface area contributed by atoms with Crippen molar-refractivity contribution >= 4 is 46.6 Å². The van der Waals surface area contributed by atoms with Gasteiger partial charge in [-0.2, -0.15) is 0 Å². The summed E-state index contributed by atoms with van der Waals surface area (Å²) in [4.78, 5) is 27.4. The summed E-state index contributed by atoms with van der Waals surface area (Å²) in [5.74, 6) is -0.156. The molecule has 0 heterocycles. The standard InChI is InChI=1S/C23H25Cl3N2O3/c1-15(23(30)27-19-7-2-3-8-19)28(13-16-5-4-6-17(24)11-16)22(29)14-31-21-10-9-18(25)12-20(21)26/h4-6,9-12,15,19H,2-3,7-8,13-14H2,1H3,(H,27,30). The highest BCUT2D eigenvalue weighted by Crippen LogP contribution is 2.27. The highest BCUT2D eigenvalue weighted by Gasteiger charge is 2.29. The average Bonchev–Trinajstić information content (AvgIpc) is 3.23. The lowest BCUT2D eigenvalue weighted by molar-refractivity contribution is -0.142. The Morgan fingerprint density at radius 2 is 1.81 bits per heavy atom. The van der Waals surface area contributed by atoms with Gasteiger partial charge in [-0.25, -0.2) is 0 Å². The highest BCUT2D eigenvalue weighted by atomic mass is 35.5. The van der Waals surface area contributed by atoms with Crippen molar-refractivity contribution in [2.24, 2.45) is 0 Å². The summed E-state index contributed by atoms with van der Waals surface area (Å²) in [5, 5.41) is 4.42.